The molecule has 0 radical (unpaired) electrons. The van der Waals surface area contributed by atoms with Crippen molar-refractivity contribution in [3.63, 3.8) is 0 Å². The van der Waals surface area contributed by atoms with Crippen molar-refractivity contribution >= 4 is 27.8 Å². The maximum atomic E-state index is 12.0. The molecule has 0 fully saturated rings. The second-order valence-electron chi connectivity index (χ2n) is 4.52. The molecule has 6 nitrogen and oxygen atoms in total. The zero-order valence-corrected chi connectivity index (χ0v) is 11.2. The van der Waals surface area contributed by atoms with Crippen molar-refractivity contribution in [3.05, 3.63) is 56.6 Å². The average molecular weight is 284 g/mol. The summed E-state index contributed by atoms with van der Waals surface area (Å²) in [4.78, 5) is 40.8. The molecule has 1 aromatic carbocycles. The summed E-state index contributed by atoms with van der Waals surface area (Å²) in [6.45, 7) is 1.85. The van der Waals surface area contributed by atoms with Gasteiger partial charge in [-0.05, 0) is 24.4 Å². The van der Waals surface area contributed by atoms with Crippen LogP contribution >= 0.6 is 0 Å². The minimum atomic E-state index is -0.684. The van der Waals surface area contributed by atoms with Crippen molar-refractivity contribution in [2.75, 3.05) is 6.61 Å². The SMILES string of the molecule is CCOC(=O)c1cc2c([nH]c1=O)[nH]c(=O)c1ccccc12. The van der Waals surface area contributed by atoms with E-state index in [1.165, 1.54) is 6.07 Å². The van der Waals surface area contributed by atoms with E-state index in [0.717, 1.165) is 0 Å². The van der Waals surface area contributed by atoms with Gasteiger partial charge < -0.3 is 14.7 Å². The molecule has 0 amide bonds. The molecule has 0 unspecified atom stereocenters. The summed E-state index contributed by atoms with van der Waals surface area (Å²) in [5, 5.41) is 1.75. The fraction of sp³-hybridized carbons (Fsp3) is 0.133. The minimum Gasteiger partial charge on any atom is -0.462 e. The number of aromatic nitrogens is 2. The lowest BCUT2D eigenvalue weighted by atomic mass is 10.1. The van der Waals surface area contributed by atoms with Crippen LogP contribution in [0.1, 0.15) is 17.3 Å². The predicted molar refractivity (Wildman–Crippen MR) is 78.7 cm³/mol. The number of aromatic amines is 2. The summed E-state index contributed by atoms with van der Waals surface area (Å²) < 4.78 is 4.86. The lowest BCUT2D eigenvalue weighted by Crippen LogP contribution is -2.21. The van der Waals surface area contributed by atoms with Crippen LogP contribution in [0.25, 0.3) is 21.8 Å². The van der Waals surface area contributed by atoms with Gasteiger partial charge in [0.25, 0.3) is 11.1 Å². The number of fused-ring (bicyclic) bond motifs is 3. The summed E-state index contributed by atoms with van der Waals surface area (Å²) in [5.41, 5.74) is -0.678. The second kappa shape index (κ2) is 4.90. The van der Waals surface area contributed by atoms with Crippen LogP contribution in [0.4, 0.5) is 0 Å². The second-order valence-corrected chi connectivity index (χ2v) is 4.52. The number of rotatable bonds is 2. The summed E-state index contributed by atoms with van der Waals surface area (Å²) in [7, 11) is 0. The largest absolute Gasteiger partial charge is 0.462 e. The molecule has 0 spiro atoms. The van der Waals surface area contributed by atoms with E-state index >= 15 is 0 Å². The lowest BCUT2D eigenvalue weighted by Gasteiger charge is -2.06. The monoisotopic (exact) mass is 284 g/mol. The van der Waals surface area contributed by atoms with E-state index in [2.05, 4.69) is 9.97 Å². The molecule has 0 aliphatic heterocycles. The van der Waals surface area contributed by atoms with Crippen LogP contribution in [0.3, 0.4) is 0 Å². The first-order valence-electron chi connectivity index (χ1n) is 6.47. The summed E-state index contributed by atoms with van der Waals surface area (Å²) >= 11 is 0. The minimum absolute atomic E-state index is 0.0819. The molecule has 2 heterocycles. The Balaban J connectivity index is 2.41. The number of pyridine rings is 2. The molecule has 0 aliphatic carbocycles. The number of ether oxygens (including phenoxy) is 1. The van der Waals surface area contributed by atoms with Crippen LogP contribution in [0, 0.1) is 0 Å². The van der Waals surface area contributed by atoms with E-state index in [0.29, 0.717) is 16.2 Å². The highest BCUT2D eigenvalue weighted by Gasteiger charge is 2.15. The van der Waals surface area contributed by atoms with Crippen molar-refractivity contribution in [2.24, 2.45) is 0 Å². The van der Waals surface area contributed by atoms with E-state index in [4.69, 9.17) is 4.74 Å². The zero-order valence-electron chi connectivity index (χ0n) is 11.2. The van der Waals surface area contributed by atoms with Crippen LogP contribution in [-0.2, 0) is 4.74 Å². The number of benzene rings is 1. The van der Waals surface area contributed by atoms with Crippen LogP contribution in [0.5, 0.6) is 0 Å². The Kier molecular flexibility index (Phi) is 3.06. The molecular weight excluding hydrogens is 272 g/mol. The molecule has 3 aromatic rings. The van der Waals surface area contributed by atoms with Crippen molar-refractivity contribution in [2.45, 2.75) is 6.92 Å². The number of carbonyl (C=O) groups excluding carboxylic acids is 1. The average Bonchev–Trinajstić information content (AvgIpc) is 2.47. The predicted octanol–water partition coefficient (Wildman–Crippen LogP) is 1.55. The molecule has 0 aliphatic rings. The molecule has 0 atom stereocenters. The van der Waals surface area contributed by atoms with Crippen molar-refractivity contribution in [1.29, 1.82) is 0 Å². The first-order valence-corrected chi connectivity index (χ1v) is 6.47. The molecule has 0 bridgehead atoms. The highest BCUT2D eigenvalue weighted by molar-refractivity contribution is 6.06. The van der Waals surface area contributed by atoms with Gasteiger partial charge in [-0.1, -0.05) is 18.2 Å². The van der Waals surface area contributed by atoms with E-state index in [-0.39, 0.29) is 23.4 Å². The van der Waals surface area contributed by atoms with Gasteiger partial charge in [-0.2, -0.15) is 0 Å². The normalized spacial score (nSPS) is 10.9. The number of nitrogens with one attached hydrogen (secondary N) is 2. The van der Waals surface area contributed by atoms with Crippen LogP contribution in [0.2, 0.25) is 0 Å². The number of hydrogen-bond donors (Lipinski definition) is 2. The molecule has 0 saturated carbocycles. The molecule has 3 rings (SSSR count). The zero-order chi connectivity index (χ0) is 15.0. The van der Waals surface area contributed by atoms with Gasteiger partial charge in [-0.15, -0.1) is 0 Å². The third-order valence-electron chi connectivity index (χ3n) is 3.24. The molecule has 6 heteroatoms. The van der Waals surface area contributed by atoms with Gasteiger partial charge in [-0.3, -0.25) is 9.59 Å². The number of esters is 1. The van der Waals surface area contributed by atoms with Gasteiger partial charge in [0, 0.05) is 10.8 Å². The van der Waals surface area contributed by atoms with E-state index in [1.807, 2.05) is 0 Å². The van der Waals surface area contributed by atoms with Crippen LogP contribution in [0.15, 0.2) is 39.9 Å². The molecule has 0 saturated heterocycles. The quantitative estimate of drug-likeness (QED) is 0.551. The maximum Gasteiger partial charge on any atom is 0.343 e. The molecule has 2 N–H and O–H groups in total. The highest BCUT2D eigenvalue weighted by atomic mass is 16.5. The summed E-state index contributed by atoms with van der Waals surface area (Å²) in [5.74, 6) is -0.684. The van der Waals surface area contributed by atoms with E-state index in [9.17, 15) is 14.4 Å². The number of hydrogen-bond acceptors (Lipinski definition) is 4. The summed E-state index contributed by atoms with van der Waals surface area (Å²) in [6, 6.07) is 8.44. The number of carbonyl (C=O) groups is 1. The van der Waals surface area contributed by atoms with Crippen molar-refractivity contribution < 1.29 is 9.53 Å². The Morgan fingerprint density at radius 3 is 2.43 bits per heavy atom. The van der Waals surface area contributed by atoms with Gasteiger partial charge >= 0.3 is 5.97 Å². The van der Waals surface area contributed by atoms with Gasteiger partial charge in [-0.25, -0.2) is 4.79 Å². The van der Waals surface area contributed by atoms with E-state index < -0.39 is 11.5 Å². The fourth-order valence-electron chi connectivity index (χ4n) is 2.30. The smallest absolute Gasteiger partial charge is 0.343 e. The van der Waals surface area contributed by atoms with Crippen molar-refractivity contribution in [3.8, 4) is 0 Å². The molecule has 21 heavy (non-hydrogen) atoms. The Hall–Kier alpha value is -2.89. The first kappa shape index (κ1) is 13.1. The van der Waals surface area contributed by atoms with Gasteiger partial charge in [0.1, 0.15) is 11.2 Å². The maximum absolute atomic E-state index is 12.0. The van der Waals surface area contributed by atoms with Gasteiger partial charge in [0.15, 0.2) is 0 Å². The van der Waals surface area contributed by atoms with Crippen LogP contribution < -0.4 is 11.1 Å². The van der Waals surface area contributed by atoms with Crippen LogP contribution in [-0.4, -0.2) is 22.5 Å². The first-order chi connectivity index (χ1) is 10.1. The third-order valence-corrected chi connectivity index (χ3v) is 3.24. The molecule has 106 valence electrons. The fourth-order valence-corrected chi connectivity index (χ4v) is 2.30. The summed E-state index contributed by atoms with van der Waals surface area (Å²) in [6.07, 6.45) is 0. The van der Waals surface area contributed by atoms with Gasteiger partial charge in [0.05, 0.1) is 6.61 Å². The van der Waals surface area contributed by atoms with Gasteiger partial charge in [0.2, 0.25) is 0 Å². The molecule has 2 aromatic heterocycles. The Bertz CT molecular complexity index is 969. The standard InChI is InChI=1S/C15H12N2O4/c1-2-21-15(20)11-7-10-8-5-3-4-6-9(8)13(18)16-12(10)17-14(11)19/h3-7H,2H2,1H3,(H2,16,17,18,19). The Morgan fingerprint density at radius 2 is 1.71 bits per heavy atom. The Labute approximate surface area is 118 Å². The Morgan fingerprint density at radius 1 is 1.05 bits per heavy atom. The number of H-pyrrole nitrogens is 2. The lowest BCUT2D eigenvalue weighted by molar-refractivity contribution is 0.0524. The topological polar surface area (TPSA) is 92.0 Å². The highest BCUT2D eigenvalue weighted by Crippen LogP contribution is 2.19. The van der Waals surface area contributed by atoms with E-state index in [1.54, 1.807) is 31.2 Å². The van der Waals surface area contributed by atoms with Crippen molar-refractivity contribution in [1.82, 2.24) is 9.97 Å². The molecular formula is C15H12N2O4. The third kappa shape index (κ3) is 2.10.